The first-order valence-corrected chi connectivity index (χ1v) is 9.91. The summed E-state index contributed by atoms with van der Waals surface area (Å²) in [5, 5.41) is 10.5. The summed E-state index contributed by atoms with van der Waals surface area (Å²) in [5.74, 6) is 2.13. The van der Waals surface area contributed by atoms with Gasteiger partial charge in [0.15, 0.2) is 0 Å². The number of carbonyl (C=O) groups is 1. The molecule has 2 aromatic rings. The first-order valence-electron chi connectivity index (χ1n) is 9.91. The highest BCUT2D eigenvalue weighted by Crippen LogP contribution is 2.55. The van der Waals surface area contributed by atoms with Crippen molar-refractivity contribution < 1.29 is 9.18 Å². The number of carbonyl (C=O) groups excluding carboxylic acids is 1. The van der Waals surface area contributed by atoms with Gasteiger partial charge < -0.3 is 10.6 Å². The third-order valence-electron chi connectivity index (χ3n) is 6.54. The molecule has 0 radical (unpaired) electrons. The number of halogens is 1. The largest absolute Gasteiger partial charge is 0.332 e. The van der Waals surface area contributed by atoms with Crippen molar-refractivity contribution in [1.29, 1.82) is 0 Å². The molecule has 0 unspecified atom stereocenters. The summed E-state index contributed by atoms with van der Waals surface area (Å²) < 4.78 is 15.0. The van der Waals surface area contributed by atoms with E-state index in [1.54, 1.807) is 23.1 Å². The summed E-state index contributed by atoms with van der Waals surface area (Å²) in [7, 11) is 0. The number of hydrogen-bond donors (Lipinski definition) is 2. The molecule has 0 saturated heterocycles. The molecule has 6 rings (SSSR count). The maximum atomic E-state index is 13.3. The van der Waals surface area contributed by atoms with Crippen LogP contribution in [-0.2, 0) is 6.54 Å². The highest BCUT2D eigenvalue weighted by atomic mass is 19.1. The first-order chi connectivity index (χ1) is 13.1. The number of aromatic nitrogens is 2. The van der Waals surface area contributed by atoms with Crippen LogP contribution >= 0.6 is 0 Å². The zero-order valence-electron chi connectivity index (χ0n) is 15.3. The molecule has 27 heavy (non-hydrogen) atoms. The first kappa shape index (κ1) is 16.8. The number of rotatable bonds is 4. The SMILES string of the molecule is O=C(Nc1cnn(Cc2cccc(F)c2)c1)NC12CC3CC(CC(C3)C1)C2. The van der Waals surface area contributed by atoms with Gasteiger partial charge in [-0.3, -0.25) is 4.68 Å². The van der Waals surface area contributed by atoms with Crippen LogP contribution in [0.5, 0.6) is 0 Å². The Hall–Kier alpha value is -2.37. The van der Waals surface area contributed by atoms with Gasteiger partial charge in [0, 0.05) is 11.7 Å². The van der Waals surface area contributed by atoms with Gasteiger partial charge in [-0.1, -0.05) is 12.1 Å². The summed E-state index contributed by atoms with van der Waals surface area (Å²) >= 11 is 0. The van der Waals surface area contributed by atoms with E-state index in [2.05, 4.69) is 15.7 Å². The number of anilines is 1. The van der Waals surface area contributed by atoms with Gasteiger partial charge in [-0.05, 0) is 74.0 Å². The standard InChI is InChI=1S/C21H25FN4O/c22-18-3-1-2-14(7-18)12-26-13-19(11-23-26)24-20(27)25-21-8-15-4-16(9-21)6-17(5-15)10-21/h1-3,7,11,13,15-17H,4-6,8-10,12H2,(H2,24,25,27). The summed E-state index contributed by atoms with van der Waals surface area (Å²) in [6, 6.07) is 6.33. The van der Waals surface area contributed by atoms with E-state index < -0.39 is 0 Å². The lowest BCUT2D eigenvalue weighted by Crippen LogP contribution is -2.60. The summed E-state index contributed by atoms with van der Waals surface area (Å²) in [6.45, 7) is 0.468. The molecule has 4 saturated carbocycles. The molecule has 1 aromatic heterocycles. The van der Waals surface area contributed by atoms with Crippen LogP contribution in [0.25, 0.3) is 0 Å². The lowest BCUT2D eigenvalue weighted by atomic mass is 9.53. The molecule has 0 spiro atoms. The molecule has 1 heterocycles. The lowest BCUT2D eigenvalue weighted by molar-refractivity contribution is -0.0127. The molecular formula is C21H25FN4O. The molecule has 4 aliphatic rings. The number of nitrogens with one attached hydrogen (secondary N) is 2. The molecule has 5 nitrogen and oxygen atoms in total. The van der Waals surface area contributed by atoms with Gasteiger partial charge in [-0.15, -0.1) is 0 Å². The number of amides is 2. The van der Waals surface area contributed by atoms with E-state index in [1.807, 2.05) is 6.07 Å². The molecule has 6 heteroatoms. The third kappa shape index (κ3) is 3.45. The molecule has 4 bridgehead atoms. The van der Waals surface area contributed by atoms with E-state index in [4.69, 9.17) is 0 Å². The molecule has 4 fully saturated rings. The minimum absolute atomic E-state index is 0.00358. The average Bonchev–Trinajstić information content (AvgIpc) is 2.99. The van der Waals surface area contributed by atoms with Gasteiger partial charge in [0.2, 0.25) is 0 Å². The monoisotopic (exact) mass is 368 g/mol. The summed E-state index contributed by atoms with van der Waals surface area (Å²) in [6.07, 6.45) is 10.9. The van der Waals surface area contributed by atoms with Crippen molar-refractivity contribution in [1.82, 2.24) is 15.1 Å². The van der Waals surface area contributed by atoms with Crippen molar-refractivity contribution in [2.75, 3.05) is 5.32 Å². The van der Waals surface area contributed by atoms with Crippen molar-refractivity contribution in [3.05, 3.63) is 48.0 Å². The number of benzene rings is 1. The molecule has 2 amide bonds. The van der Waals surface area contributed by atoms with Crippen molar-refractivity contribution in [2.24, 2.45) is 17.8 Å². The van der Waals surface area contributed by atoms with Crippen molar-refractivity contribution in [3.8, 4) is 0 Å². The van der Waals surface area contributed by atoms with Crippen molar-refractivity contribution >= 4 is 11.7 Å². The third-order valence-corrected chi connectivity index (χ3v) is 6.54. The van der Waals surface area contributed by atoms with Crippen LogP contribution in [0.4, 0.5) is 14.9 Å². The summed E-state index contributed by atoms with van der Waals surface area (Å²) in [5.41, 5.74) is 1.49. The molecule has 2 N–H and O–H groups in total. The average molecular weight is 368 g/mol. The fourth-order valence-electron chi connectivity index (χ4n) is 6.00. The van der Waals surface area contributed by atoms with Crippen LogP contribution in [0.2, 0.25) is 0 Å². The van der Waals surface area contributed by atoms with E-state index in [9.17, 15) is 9.18 Å². The molecule has 142 valence electrons. The Balaban J connectivity index is 1.21. The van der Waals surface area contributed by atoms with Crippen LogP contribution in [0.1, 0.15) is 44.1 Å². The van der Waals surface area contributed by atoms with Crippen molar-refractivity contribution in [2.45, 2.75) is 50.6 Å². The Morgan fingerprint density at radius 1 is 1.19 bits per heavy atom. The predicted octanol–water partition coefficient (Wildman–Crippen LogP) is 4.16. The molecule has 4 aliphatic carbocycles. The van der Waals surface area contributed by atoms with Crippen LogP contribution in [0.15, 0.2) is 36.7 Å². The van der Waals surface area contributed by atoms with Gasteiger partial charge in [-0.2, -0.15) is 5.10 Å². The second kappa shape index (κ2) is 6.36. The Morgan fingerprint density at radius 3 is 2.56 bits per heavy atom. The molecule has 1 aromatic carbocycles. The van der Waals surface area contributed by atoms with Crippen LogP contribution < -0.4 is 10.6 Å². The normalized spacial score (nSPS) is 31.1. The van der Waals surface area contributed by atoms with E-state index in [0.29, 0.717) is 12.2 Å². The van der Waals surface area contributed by atoms with Crippen LogP contribution in [0.3, 0.4) is 0 Å². The topological polar surface area (TPSA) is 59.0 Å². The Morgan fingerprint density at radius 2 is 1.89 bits per heavy atom. The predicted molar refractivity (Wildman–Crippen MR) is 101 cm³/mol. The highest BCUT2D eigenvalue weighted by Gasteiger charge is 2.51. The van der Waals surface area contributed by atoms with E-state index >= 15 is 0 Å². The van der Waals surface area contributed by atoms with E-state index in [1.165, 1.54) is 31.4 Å². The molecular weight excluding hydrogens is 343 g/mol. The molecule has 0 atom stereocenters. The maximum absolute atomic E-state index is 13.3. The Bertz CT molecular complexity index is 826. The van der Waals surface area contributed by atoms with Gasteiger partial charge in [0.25, 0.3) is 0 Å². The highest BCUT2D eigenvalue weighted by molar-refractivity contribution is 5.89. The maximum Gasteiger partial charge on any atom is 0.319 e. The Labute approximate surface area is 158 Å². The van der Waals surface area contributed by atoms with E-state index in [0.717, 1.165) is 42.6 Å². The number of urea groups is 1. The number of hydrogen-bond acceptors (Lipinski definition) is 2. The second-order valence-corrected chi connectivity index (χ2v) is 8.83. The van der Waals surface area contributed by atoms with Gasteiger partial charge >= 0.3 is 6.03 Å². The number of nitrogens with zero attached hydrogens (tertiary/aromatic N) is 2. The minimum atomic E-state index is -0.257. The smallest absolute Gasteiger partial charge is 0.319 e. The van der Waals surface area contributed by atoms with Gasteiger partial charge in [0.05, 0.1) is 18.4 Å². The van der Waals surface area contributed by atoms with Gasteiger partial charge in [-0.25, -0.2) is 9.18 Å². The fourth-order valence-corrected chi connectivity index (χ4v) is 6.00. The van der Waals surface area contributed by atoms with Gasteiger partial charge in [0.1, 0.15) is 5.82 Å². The van der Waals surface area contributed by atoms with Crippen LogP contribution in [-0.4, -0.2) is 21.4 Å². The lowest BCUT2D eigenvalue weighted by Gasteiger charge is -2.56. The quantitative estimate of drug-likeness (QED) is 0.851. The van der Waals surface area contributed by atoms with E-state index in [-0.39, 0.29) is 17.4 Å². The Kier molecular flexibility index (Phi) is 3.95. The van der Waals surface area contributed by atoms with Crippen molar-refractivity contribution in [3.63, 3.8) is 0 Å². The zero-order valence-corrected chi connectivity index (χ0v) is 15.3. The van der Waals surface area contributed by atoms with Crippen LogP contribution in [0, 0.1) is 23.6 Å². The zero-order chi connectivity index (χ0) is 18.4. The second-order valence-electron chi connectivity index (χ2n) is 8.83. The minimum Gasteiger partial charge on any atom is -0.332 e. The summed E-state index contributed by atoms with van der Waals surface area (Å²) in [4.78, 5) is 12.6. The molecule has 0 aliphatic heterocycles. The fraction of sp³-hybridized carbons (Fsp3) is 0.524.